The molecule has 0 rings (SSSR count). The number of carbonyl (C=O) groups is 2. The molecule has 270 valence electrons. The van der Waals surface area contributed by atoms with Crippen LogP contribution in [0.4, 0.5) is 0 Å². The summed E-state index contributed by atoms with van der Waals surface area (Å²) >= 11 is 0. The standard InChI is InChI=1S/C41H70O6/c1-3-5-6-7-8-9-10-11-12-16-19-22-25-28-31-34-40(44)46-37-39(36-42)47-41(45)35-32-29-26-23-20-17-14-13-15-18-21-24-27-30-33-38(43)4-2/h14-15,17-18,23-24,26-27,30,33,38-39,42-43H,3-13,16,19-22,25,28-29,31-32,34-37H2,1-2H3/b17-14-,18-15-,26-23-,27-24-,33-30+/t38-,39+/m1/s1. The average Bonchev–Trinajstić information content (AvgIpc) is 3.07. The van der Waals surface area contributed by atoms with Crippen LogP contribution in [0.1, 0.15) is 162 Å². The number of carbonyl (C=O) groups excluding carboxylic acids is 2. The molecule has 0 unspecified atom stereocenters. The van der Waals surface area contributed by atoms with Crippen molar-refractivity contribution in [2.24, 2.45) is 0 Å². The van der Waals surface area contributed by atoms with Gasteiger partial charge in [-0.05, 0) is 44.9 Å². The zero-order chi connectivity index (χ0) is 34.5. The summed E-state index contributed by atoms with van der Waals surface area (Å²) in [6.45, 7) is 3.75. The largest absolute Gasteiger partial charge is 0.462 e. The second-order valence-corrected chi connectivity index (χ2v) is 12.5. The molecule has 2 atom stereocenters. The zero-order valence-electron chi connectivity index (χ0n) is 30.1. The van der Waals surface area contributed by atoms with Gasteiger partial charge < -0.3 is 19.7 Å². The van der Waals surface area contributed by atoms with E-state index in [1.54, 1.807) is 6.08 Å². The lowest BCUT2D eigenvalue weighted by atomic mass is 10.0. The van der Waals surface area contributed by atoms with Gasteiger partial charge >= 0.3 is 11.9 Å². The van der Waals surface area contributed by atoms with Gasteiger partial charge in [0.15, 0.2) is 6.10 Å². The topological polar surface area (TPSA) is 93.1 Å². The molecular weight excluding hydrogens is 588 g/mol. The summed E-state index contributed by atoms with van der Waals surface area (Å²) in [6, 6.07) is 0. The van der Waals surface area contributed by atoms with Gasteiger partial charge in [-0.1, -0.05) is 164 Å². The van der Waals surface area contributed by atoms with Crippen molar-refractivity contribution in [2.75, 3.05) is 13.2 Å². The Bertz CT molecular complexity index is 856. The van der Waals surface area contributed by atoms with E-state index < -0.39 is 6.10 Å². The lowest BCUT2D eigenvalue weighted by Crippen LogP contribution is -2.28. The Morgan fingerprint density at radius 2 is 1.09 bits per heavy atom. The maximum absolute atomic E-state index is 12.1. The van der Waals surface area contributed by atoms with Crippen LogP contribution in [0.3, 0.4) is 0 Å². The van der Waals surface area contributed by atoms with Gasteiger partial charge in [-0.15, -0.1) is 0 Å². The molecule has 0 saturated heterocycles. The van der Waals surface area contributed by atoms with Crippen LogP contribution in [0, 0.1) is 0 Å². The lowest BCUT2D eigenvalue weighted by molar-refractivity contribution is -0.161. The fraction of sp³-hybridized carbons (Fsp3) is 0.707. The van der Waals surface area contributed by atoms with Crippen LogP contribution in [-0.4, -0.2) is 47.6 Å². The normalized spacial score (nSPS) is 13.5. The fourth-order valence-electron chi connectivity index (χ4n) is 4.95. The fourth-order valence-corrected chi connectivity index (χ4v) is 4.95. The van der Waals surface area contributed by atoms with Gasteiger partial charge in [0, 0.05) is 12.8 Å². The molecule has 0 aliphatic heterocycles. The van der Waals surface area contributed by atoms with Gasteiger partial charge in [-0.3, -0.25) is 9.59 Å². The Morgan fingerprint density at radius 1 is 0.596 bits per heavy atom. The molecule has 0 saturated carbocycles. The van der Waals surface area contributed by atoms with Crippen molar-refractivity contribution < 1.29 is 29.3 Å². The van der Waals surface area contributed by atoms with Gasteiger partial charge in [-0.25, -0.2) is 0 Å². The van der Waals surface area contributed by atoms with Crippen LogP contribution in [0.2, 0.25) is 0 Å². The number of rotatable bonds is 33. The molecule has 0 spiro atoms. The first-order valence-corrected chi connectivity index (χ1v) is 19.0. The summed E-state index contributed by atoms with van der Waals surface area (Å²) in [6.07, 6.45) is 43.7. The van der Waals surface area contributed by atoms with Crippen molar-refractivity contribution >= 4 is 11.9 Å². The predicted molar refractivity (Wildman–Crippen MR) is 197 cm³/mol. The van der Waals surface area contributed by atoms with E-state index in [4.69, 9.17) is 9.47 Å². The Labute approximate surface area is 288 Å². The molecule has 0 aromatic carbocycles. The molecule has 0 amide bonds. The van der Waals surface area contributed by atoms with E-state index in [-0.39, 0.29) is 37.7 Å². The number of allylic oxidation sites excluding steroid dienone is 9. The lowest BCUT2D eigenvalue weighted by Gasteiger charge is -2.15. The first-order valence-electron chi connectivity index (χ1n) is 19.0. The van der Waals surface area contributed by atoms with Crippen LogP contribution in [0.25, 0.3) is 0 Å². The molecule has 6 nitrogen and oxygen atoms in total. The van der Waals surface area contributed by atoms with Gasteiger partial charge in [-0.2, -0.15) is 0 Å². The first kappa shape index (κ1) is 44.6. The van der Waals surface area contributed by atoms with Crippen molar-refractivity contribution in [2.45, 2.75) is 174 Å². The van der Waals surface area contributed by atoms with Gasteiger partial charge in [0.1, 0.15) is 6.61 Å². The molecule has 0 heterocycles. The maximum Gasteiger partial charge on any atom is 0.306 e. The molecule has 0 aromatic rings. The van der Waals surface area contributed by atoms with E-state index in [1.807, 2.05) is 19.1 Å². The summed E-state index contributed by atoms with van der Waals surface area (Å²) in [5.41, 5.74) is 0. The van der Waals surface area contributed by atoms with E-state index >= 15 is 0 Å². The Kier molecular flexibility index (Phi) is 34.5. The number of aliphatic hydroxyl groups excluding tert-OH is 2. The summed E-state index contributed by atoms with van der Waals surface area (Å²) in [5, 5.41) is 19.0. The number of hydrogen-bond donors (Lipinski definition) is 2. The predicted octanol–water partition coefficient (Wildman–Crippen LogP) is 10.6. The number of hydrogen-bond acceptors (Lipinski definition) is 6. The molecule has 0 bridgehead atoms. The summed E-state index contributed by atoms with van der Waals surface area (Å²) < 4.78 is 10.5. The second kappa shape index (κ2) is 36.4. The third-order valence-corrected chi connectivity index (χ3v) is 7.98. The highest BCUT2D eigenvalue weighted by Crippen LogP contribution is 2.14. The summed E-state index contributed by atoms with van der Waals surface area (Å²) in [7, 11) is 0. The Morgan fingerprint density at radius 3 is 1.62 bits per heavy atom. The third kappa shape index (κ3) is 34.7. The smallest absolute Gasteiger partial charge is 0.306 e. The number of unbranched alkanes of at least 4 members (excludes halogenated alkanes) is 15. The minimum absolute atomic E-state index is 0.0979. The third-order valence-electron chi connectivity index (χ3n) is 7.98. The number of aliphatic hydroxyl groups is 2. The highest BCUT2D eigenvalue weighted by atomic mass is 16.6. The number of esters is 2. The maximum atomic E-state index is 12.1. The summed E-state index contributed by atoms with van der Waals surface area (Å²) in [5.74, 6) is -0.679. The summed E-state index contributed by atoms with van der Waals surface area (Å²) in [4.78, 5) is 24.2. The zero-order valence-corrected chi connectivity index (χ0v) is 30.1. The molecule has 6 heteroatoms. The van der Waals surface area contributed by atoms with E-state index in [9.17, 15) is 19.8 Å². The molecule has 0 fully saturated rings. The quantitative estimate of drug-likeness (QED) is 0.0315. The molecule has 0 aliphatic rings. The molecule has 0 radical (unpaired) electrons. The minimum atomic E-state index is -0.810. The van der Waals surface area contributed by atoms with Crippen LogP contribution >= 0.6 is 0 Å². The highest BCUT2D eigenvalue weighted by molar-refractivity contribution is 5.70. The van der Waals surface area contributed by atoms with Crippen LogP contribution in [0.5, 0.6) is 0 Å². The van der Waals surface area contributed by atoms with Gasteiger partial charge in [0.2, 0.25) is 0 Å². The van der Waals surface area contributed by atoms with E-state index in [1.165, 1.54) is 77.0 Å². The van der Waals surface area contributed by atoms with Crippen molar-refractivity contribution in [1.82, 2.24) is 0 Å². The molecule has 0 aromatic heterocycles. The number of ether oxygens (including phenoxy) is 2. The van der Waals surface area contributed by atoms with Crippen molar-refractivity contribution in [3.63, 3.8) is 0 Å². The van der Waals surface area contributed by atoms with Crippen LogP contribution < -0.4 is 0 Å². The molecular formula is C41H70O6. The Balaban J connectivity index is 3.70. The van der Waals surface area contributed by atoms with Crippen molar-refractivity contribution in [1.29, 1.82) is 0 Å². The molecule has 2 N–H and O–H groups in total. The van der Waals surface area contributed by atoms with Gasteiger partial charge in [0.05, 0.1) is 12.7 Å². The molecule has 47 heavy (non-hydrogen) atoms. The monoisotopic (exact) mass is 659 g/mol. The average molecular weight is 659 g/mol. The van der Waals surface area contributed by atoms with E-state index in [0.29, 0.717) is 12.8 Å². The van der Waals surface area contributed by atoms with Crippen molar-refractivity contribution in [3.8, 4) is 0 Å². The van der Waals surface area contributed by atoms with Crippen LogP contribution in [-0.2, 0) is 19.1 Å². The second-order valence-electron chi connectivity index (χ2n) is 12.5. The van der Waals surface area contributed by atoms with E-state index in [0.717, 1.165) is 51.4 Å². The van der Waals surface area contributed by atoms with E-state index in [2.05, 4.69) is 49.5 Å². The van der Waals surface area contributed by atoms with Crippen LogP contribution in [0.15, 0.2) is 60.8 Å². The first-order chi connectivity index (χ1) is 23.0. The minimum Gasteiger partial charge on any atom is -0.462 e. The van der Waals surface area contributed by atoms with Crippen molar-refractivity contribution in [3.05, 3.63) is 60.8 Å². The Hall–Kier alpha value is -2.44. The molecule has 0 aliphatic carbocycles. The van der Waals surface area contributed by atoms with Gasteiger partial charge in [0.25, 0.3) is 0 Å². The highest BCUT2D eigenvalue weighted by Gasteiger charge is 2.15. The SMILES string of the molecule is CCCCCCCCCCCCCCCCCC(=O)OC[C@H](CO)OC(=O)CCC/C=C\C/C=C\C/C=C\C/C=C\C=C\[C@H](O)CC.